The molecular weight excluding hydrogens is 140 g/mol. The number of aryl methyl sites for hydroxylation is 2. The molecule has 0 aromatic carbocycles. The van der Waals surface area contributed by atoms with Gasteiger partial charge in [-0.3, -0.25) is 0 Å². The Hall–Kier alpha value is -0.830. The minimum atomic E-state index is 0.285. The van der Waals surface area contributed by atoms with Crippen LogP contribution < -0.4 is 5.73 Å². The molecular formula is C8H12N2O. The Morgan fingerprint density at radius 1 is 1.55 bits per heavy atom. The van der Waals surface area contributed by atoms with Gasteiger partial charge in [-0.2, -0.15) is 0 Å². The third-order valence-corrected chi connectivity index (χ3v) is 2.20. The molecule has 2 atom stereocenters. The van der Waals surface area contributed by atoms with E-state index in [0.717, 1.165) is 23.8 Å². The highest BCUT2D eigenvalue weighted by Crippen LogP contribution is 2.38. The van der Waals surface area contributed by atoms with E-state index in [0.29, 0.717) is 5.92 Å². The summed E-state index contributed by atoms with van der Waals surface area (Å²) in [5, 5.41) is 0. The van der Waals surface area contributed by atoms with Crippen molar-refractivity contribution in [3.8, 4) is 0 Å². The lowest BCUT2D eigenvalue weighted by molar-refractivity contribution is 0.470. The number of hydrogen-bond donors (Lipinski definition) is 1. The van der Waals surface area contributed by atoms with Crippen molar-refractivity contribution >= 4 is 0 Å². The topological polar surface area (TPSA) is 52.0 Å². The van der Waals surface area contributed by atoms with Gasteiger partial charge < -0.3 is 10.2 Å². The molecule has 2 N–H and O–H groups in total. The lowest BCUT2D eigenvalue weighted by Gasteiger charge is -1.86. The fourth-order valence-electron chi connectivity index (χ4n) is 1.15. The van der Waals surface area contributed by atoms with Crippen LogP contribution in [0.15, 0.2) is 4.42 Å². The number of nitrogens with two attached hydrogens (primary N) is 1. The average molecular weight is 152 g/mol. The highest BCUT2D eigenvalue weighted by Gasteiger charge is 2.39. The number of aromatic nitrogens is 1. The van der Waals surface area contributed by atoms with E-state index in [1.54, 1.807) is 0 Å². The van der Waals surface area contributed by atoms with Crippen molar-refractivity contribution in [2.24, 2.45) is 5.73 Å². The molecule has 0 aliphatic heterocycles. The number of hydrogen-bond acceptors (Lipinski definition) is 3. The fraction of sp³-hybridized carbons (Fsp3) is 0.625. The van der Waals surface area contributed by atoms with Gasteiger partial charge in [-0.15, -0.1) is 0 Å². The van der Waals surface area contributed by atoms with E-state index in [-0.39, 0.29) is 6.04 Å². The van der Waals surface area contributed by atoms with Gasteiger partial charge in [0.05, 0.1) is 11.6 Å². The molecule has 2 rings (SSSR count). The summed E-state index contributed by atoms with van der Waals surface area (Å²) < 4.78 is 5.42. The molecule has 1 heterocycles. The minimum Gasteiger partial charge on any atom is -0.445 e. The highest BCUT2D eigenvalue weighted by atomic mass is 16.4. The number of oxazole rings is 1. The van der Waals surface area contributed by atoms with Crippen LogP contribution in [0.2, 0.25) is 0 Å². The Balaban J connectivity index is 2.26. The molecule has 11 heavy (non-hydrogen) atoms. The van der Waals surface area contributed by atoms with Crippen LogP contribution in [0, 0.1) is 13.8 Å². The molecule has 1 aliphatic rings. The first-order chi connectivity index (χ1) is 5.18. The van der Waals surface area contributed by atoms with E-state index in [1.165, 1.54) is 0 Å². The van der Waals surface area contributed by atoms with Crippen LogP contribution in [0.1, 0.15) is 29.7 Å². The van der Waals surface area contributed by atoms with Crippen molar-refractivity contribution in [2.75, 3.05) is 0 Å². The first-order valence-electron chi connectivity index (χ1n) is 3.88. The van der Waals surface area contributed by atoms with Gasteiger partial charge in [-0.05, 0) is 20.3 Å². The molecule has 3 heteroatoms. The zero-order valence-electron chi connectivity index (χ0n) is 6.79. The van der Waals surface area contributed by atoms with Gasteiger partial charge in [-0.1, -0.05) is 0 Å². The normalized spacial score (nSPS) is 29.0. The maximum atomic E-state index is 5.66. The maximum Gasteiger partial charge on any atom is 0.199 e. The molecule has 3 nitrogen and oxygen atoms in total. The fourth-order valence-corrected chi connectivity index (χ4v) is 1.15. The van der Waals surface area contributed by atoms with E-state index < -0.39 is 0 Å². The Bertz CT molecular complexity index is 260. The van der Waals surface area contributed by atoms with E-state index in [9.17, 15) is 0 Å². The predicted octanol–water partition coefficient (Wildman–Crippen LogP) is 1.11. The predicted molar refractivity (Wildman–Crippen MR) is 41.3 cm³/mol. The first kappa shape index (κ1) is 6.85. The summed E-state index contributed by atoms with van der Waals surface area (Å²) in [5.41, 5.74) is 6.64. The third-order valence-electron chi connectivity index (χ3n) is 2.20. The van der Waals surface area contributed by atoms with Gasteiger partial charge in [0.2, 0.25) is 0 Å². The summed E-state index contributed by atoms with van der Waals surface area (Å²) in [5.74, 6) is 2.13. The maximum absolute atomic E-state index is 5.66. The third kappa shape index (κ3) is 1.05. The Kier molecular flexibility index (Phi) is 1.29. The second-order valence-corrected chi connectivity index (χ2v) is 3.20. The molecule has 2 unspecified atom stereocenters. The van der Waals surface area contributed by atoms with Crippen LogP contribution in [-0.4, -0.2) is 11.0 Å². The zero-order chi connectivity index (χ0) is 8.01. The van der Waals surface area contributed by atoms with Crippen molar-refractivity contribution in [3.63, 3.8) is 0 Å². The van der Waals surface area contributed by atoms with E-state index in [1.807, 2.05) is 13.8 Å². The zero-order valence-corrected chi connectivity index (χ0v) is 6.79. The van der Waals surface area contributed by atoms with Crippen LogP contribution in [0.25, 0.3) is 0 Å². The van der Waals surface area contributed by atoms with Crippen LogP contribution in [0.4, 0.5) is 0 Å². The second kappa shape index (κ2) is 2.08. The average Bonchev–Trinajstić information content (AvgIpc) is 2.56. The monoisotopic (exact) mass is 152 g/mol. The van der Waals surface area contributed by atoms with Crippen LogP contribution in [-0.2, 0) is 0 Å². The molecule has 1 aromatic heterocycles. The van der Waals surface area contributed by atoms with Gasteiger partial charge in [-0.25, -0.2) is 4.98 Å². The molecule has 0 radical (unpaired) electrons. The summed E-state index contributed by atoms with van der Waals surface area (Å²) in [6, 6.07) is 0.285. The van der Waals surface area contributed by atoms with Gasteiger partial charge in [0.25, 0.3) is 0 Å². The first-order valence-corrected chi connectivity index (χ1v) is 3.88. The SMILES string of the molecule is Cc1nc(C2CC2N)oc1C. The molecule has 1 saturated carbocycles. The van der Waals surface area contributed by atoms with Gasteiger partial charge in [0.1, 0.15) is 5.76 Å². The van der Waals surface area contributed by atoms with E-state index >= 15 is 0 Å². The van der Waals surface area contributed by atoms with Gasteiger partial charge in [0, 0.05) is 6.04 Å². The molecule has 0 saturated heterocycles. The second-order valence-electron chi connectivity index (χ2n) is 3.20. The molecule has 0 spiro atoms. The van der Waals surface area contributed by atoms with E-state index in [2.05, 4.69) is 4.98 Å². The Labute approximate surface area is 65.6 Å². The number of nitrogens with zero attached hydrogens (tertiary/aromatic N) is 1. The molecule has 0 bridgehead atoms. The largest absolute Gasteiger partial charge is 0.445 e. The number of rotatable bonds is 1. The van der Waals surface area contributed by atoms with E-state index in [4.69, 9.17) is 10.2 Å². The van der Waals surface area contributed by atoms with Crippen molar-refractivity contribution in [1.29, 1.82) is 0 Å². The summed E-state index contributed by atoms with van der Waals surface area (Å²) in [7, 11) is 0. The minimum absolute atomic E-state index is 0.285. The van der Waals surface area contributed by atoms with Gasteiger partial charge >= 0.3 is 0 Å². The smallest absolute Gasteiger partial charge is 0.199 e. The van der Waals surface area contributed by atoms with Crippen molar-refractivity contribution in [1.82, 2.24) is 4.98 Å². The molecule has 1 fully saturated rings. The molecule has 60 valence electrons. The van der Waals surface area contributed by atoms with Crippen molar-refractivity contribution in [2.45, 2.75) is 32.2 Å². The summed E-state index contributed by atoms with van der Waals surface area (Å²) in [6.07, 6.45) is 1.03. The molecule has 0 amide bonds. The summed E-state index contributed by atoms with van der Waals surface area (Å²) in [6.45, 7) is 3.88. The quantitative estimate of drug-likeness (QED) is 0.655. The van der Waals surface area contributed by atoms with Crippen LogP contribution in [0.5, 0.6) is 0 Å². The lowest BCUT2D eigenvalue weighted by Crippen LogP contribution is -2.00. The molecule has 1 aromatic rings. The van der Waals surface area contributed by atoms with Crippen molar-refractivity contribution in [3.05, 3.63) is 17.3 Å². The molecule has 1 aliphatic carbocycles. The standard InChI is InChI=1S/C8H12N2O/c1-4-5(2)11-8(10-4)6-3-7(6)9/h6-7H,3,9H2,1-2H3. The van der Waals surface area contributed by atoms with Gasteiger partial charge in [0.15, 0.2) is 5.89 Å². The van der Waals surface area contributed by atoms with Crippen LogP contribution >= 0.6 is 0 Å². The highest BCUT2D eigenvalue weighted by molar-refractivity contribution is 5.15. The lowest BCUT2D eigenvalue weighted by atomic mass is 10.4. The Morgan fingerprint density at radius 2 is 2.18 bits per heavy atom. The van der Waals surface area contributed by atoms with Crippen molar-refractivity contribution < 1.29 is 4.42 Å². The summed E-state index contributed by atoms with van der Waals surface area (Å²) in [4.78, 5) is 4.28. The Morgan fingerprint density at radius 3 is 2.55 bits per heavy atom. The summed E-state index contributed by atoms with van der Waals surface area (Å²) >= 11 is 0. The van der Waals surface area contributed by atoms with Crippen LogP contribution in [0.3, 0.4) is 0 Å².